The van der Waals surface area contributed by atoms with E-state index in [1.807, 2.05) is 32.0 Å². The van der Waals surface area contributed by atoms with Crippen molar-refractivity contribution in [1.82, 2.24) is 4.57 Å². The van der Waals surface area contributed by atoms with Crippen molar-refractivity contribution in [2.45, 2.75) is 25.3 Å². The maximum absolute atomic E-state index is 12.6. The number of aryl methyl sites for hydroxylation is 1. The lowest BCUT2D eigenvalue weighted by Crippen LogP contribution is -2.10. The summed E-state index contributed by atoms with van der Waals surface area (Å²) in [6.07, 6.45) is 0. The molecular formula is C20H16ClNO4S. The second-order valence-corrected chi connectivity index (χ2v) is 8.88. The summed E-state index contributed by atoms with van der Waals surface area (Å²) in [4.78, 5) is 11.6. The third-order valence-corrected chi connectivity index (χ3v) is 6.60. The molecule has 0 atom stereocenters. The number of hydrogen-bond donors (Lipinski definition) is 1. The van der Waals surface area contributed by atoms with Gasteiger partial charge in [-0.15, -0.1) is 0 Å². The summed E-state index contributed by atoms with van der Waals surface area (Å²) in [5.41, 5.74) is 4.27. The Morgan fingerprint density at radius 2 is 1.89 bits per heavy atom. The fourth-order valence-electron chi connectivity index (χ4n) is 3.71. The summed E-state index contributed by atoms with van der Waals surface area (Å²) in [6.45, 7) is 3.55. The Morgan fingerprint density at radius 1 is 1.15 bits per heavy atom. The van der Waals surface area contributed by atoms with Crippen molar-refractivity contribution in [3.8, 4) is 0 Å². The number of hydrogen-bond acceptors (Lipinski definition) is 3. The molecule has 0 spiro atoms. The number of rotatable bonds is 3. The van der Waals surface area contributed by atoms with Gasteiger partial charge in [0.15, 0.2) is 0 Å². The number of halogens is 1. The normalized spacial score (nSPS) is 15.0. The van der Waals surface area contributed by atoms with E-state index in [4.69, 9.17) is 11.6 Å². The van der Waals surface area contributed by atoms with E-state index in [0.29, 0.717) is 21.9 Å². The van der Waals surface area contributed by atoms with Gasteiger partial charge in [0.1, 0.15) is 6.54 Å². The van der Waals surface area contributed by atoms with Gasteiger partial charge in [0.05, 0.1) is 4.90 Å². The SMILES string of the molecule is Cc1ccc2c(c1)c(C1=CS(=O)(=O)c3ccc(Cl)cc31)c(C)n2CC(=O)O. The zero-order valence-corrected chi connectivity index (χ0v) is 16.2. The van der Waals surface area contributed by atoms with Crippen LogP contribution in [0, 0.1) is 13.8 Å². The van der Waals surface area contributed by atoms with Gasteiger partial charge < -0.3 is 9.67 Å². The lowest BCUT2D eigenvalue weighted by atomic mass is 9.96. The molecule has 2 aromatic carbocycles. The largest absolute Gasteiger partial charge is 0.480 e. The minimum Gasteiger partial charge on any atom is -0.480 e. The van der Waals surface area contributed by atoms with E-state index in [9.17, 15) is 18.3 Å². The Kier molecular flexibility index (Phi) is 3.94. The first-order valence-corrected chi connectivity index (χ1v) is 10.2. The molecule has 0 saturated heterocycles. The second kappa shape index (κ2) is 5.97. The molecule has 3 aromatic rings. The minimum absolute atomic E-state index is 0.201. The van der Waals surface area contributed by atoms with Gasteiger partial charge in [-0.2, -0.15) is 0 Å². The Hall–Kier alpha value is -2.57. The molecular weight excluding hydrogens is 386 g/mol. The Labute approximate surface area is 161 Å². The van der Waals surface area contributed by atoms with E-state index < -0.39 is 15.8 Å². The maximum Gasteiger partial charge on any atom is 0.323 e. The van der Waals surface area contributed by atoms with E-state index in [2.05, 4.69) is 0 Å². The number of sulfone groups is 1. The molecule has 0 saturated carbocycles. The molecule has 0 radical (unpaired) electrons. The highest BCUT2D eigenvalue weighted by molar-refractivity contribution is 7.95. The van der Waals surface area contributed by atoms with Crippen LogP contribution >= 0.6 is 11.6 Å². The van der Waals surface area contributed by atoms with Crippen LogP contribution in [-0.2, 0) is 21.2 Å². The number of carboxylic acids is 1. The van der Waals surface area contributed by atoms with Crippen LogP contribution in [0.2, 0.25) is 5.02 Å². The van der Waals surface area contributed by atoms with Crippen LogP contribution in [0.5, 0.6) is 0 Å². The lowest BCUT2D eigenvalue weighted by Gasteiger charge is -2.08. The van der Waals surface area contributed by atoms with Crippen molar-refractivity contribution in [2.24, 2.45) is 0 Å². The number of nitrogens with zero attached hydrogens (tertiary/aromatic N) is 1. The first-order valence-electron chi connectivity index (χ1n) is 8.27. The molecule has 138 valence electrons. The Balaban J connectivity index is 2.09. The number of benzene rings is 2. The number of aliphatic carboxylic acids is 1. The molecule has 0 bridgehead atoms. The summed E-state index contributed by atoms with van der Waals surface area (Å²) in [7, 11) is -3.58. The molecule has 0 unspecified atom stereocenters. The smallest absolute Gasteiger partial charge is 0.323 e. The monoisotopic (exact) mass is 401 g/mol. The molecule has 1 N–H and O–H groups in total. The van der Waals surface area contributed by atoms with E-state index >= 15 is 0 Å². The van der Waals surface area contributed by atoms with Gasteiger partial charge >= 0.3 is 5.97 Å². The first kappa shape index (κ1) is 17.8. The van der Waals surface area contributed by atoms with E-state index in [0.717, 1.165) is 22.0 Å². The van der Waals surface area contributed by atoms with Crippen LogP contribution in [-0.4, -0.2) is 24.1 Å². The number of fused-ring (bicyclic) bond motifs is 2. The predicted molar refractivity (Wildman–Crippen MR) is 105 cm³/mol. The molecule has 0 fully saturated rings. The topological polar surface area (TPSA) is 76.4 Å². The molecule has 2 heterocycles. The highest BCUT2D eigenvalue weighted by atomic mass is 35.5. The fourth-order valence-corrected chi connectivity index (χ4v) is 5.30. The van der Waals surface area contributed by atoms with Gasteiger partial charge in [0.25, 0.3) is 0 Å². The maximum atomic E-state index is 12.6. The van der Waals surface area contributed by atoms with Crippen molar-refractivity contribution >= 4 is 43.9 Å². The van der Waals surface area contributed by atoms with Crippen molar-refractivity contribution in [2.75, 3.05) is 0 Å². The molecule has 0 amide bonds. The van der Waals surface area contributed by atoms with E-state index in [-0.39, 0.29) is 11.4 Å². The predicted octanol–water partition coefficient (Wildman–Crippen LogP) is 4.17. The minimum atomic E-state index is -3.58. The van der Waals surface area contributed by atoms with Gasteiger partial charge in [-0.3, -0.25) is 4.79 Å². The van der Waals surface area contributed by atoms with Crippen LogP contribution in [0.3, 0.4) is 0 Å². The number of carboxylic acid groups (broad SMARTS) is 1. The van der Waals surface area contributed by atoms with Gasteiger partial charge in [0, 0.05) is 43.7 Å². The molecule has 1 aromatic heterocycles. The van der Waals surface area contributed by atoms with Crippen molar-refractivity contribution < 1.29 is 18.3 Å². The summed E-state index contributed by atoms with van der Waals surface area (Å²) < 4.78 is 26.9. The number of carbonyl (C=O) groups is 1. The lowest BCUT2D eigenvalue weighted by molar-refractivity contribution is -0.137. The van der Waals surface area contributed by atoms with Gasteiger partial charge in [0.2, 0.25) is 9.84 Å². The quantitative estimate of drug-likeness (QED) is 0.714. The highest BCUT2D eigenvalue weighted by Gasteiger charge is 2.31. The molecule has 27 heavy (non-hydrogen) atoms. The third-order valence-electron chi connectivity index (χ3n) is 4.85. The number of aromatic nitrogens is 1. The van der Waals surface area contributed by atoms with Crippen LogP contribution in [0.15, 0.2) is 46.7 Å². The summed E-state index contributed by atoms with van der Waals surface area (Å²) in [5, 5.41) is 11.8. The van der Waals surface area contributed by atoms with Crippen molar-refractivity contribution in [3.05, 3.63) is 69.2 Å². The molecule has 1 aliphatic heterocycles. The van der Waals surface area contributed by atoms with Gasteiger partial charge in [-0.1, -0.05) is 23.2 Å². The summed E-state index contributed by atoms with van der Waals surface area (Å²) in [6, 6.07) is 10.4. The third kappa shape index (κ3) is 2.76. The Bertz CT molecular complexity index is 1270. The second-order valence-electron chi connectivity index (χ2n) is 6.68. The van der Waals surface area contributed by atoms with Crippen molar-refractivity contribution in [1.29, 1.82) is 0 Å². The van der Waals surface area contributed by atoms with Gasteiger partial charge in [-0.05, 0) is 44.2 Å². The standard InChI is InChI=1S/C20H16ClNO4S/c1-11-3-5-17-15(7-11)20(12(2)22(17)9-19(23)24)16-10-27(25,26)18-6-4-13(21)8-14(16)18/h3-8,10H,9H2,1-2H3,(H,23,24). The van der Waals surface area contributed by atoms with Crippen LogP contribution in [0.4, 0.5) is 0 Å². The molecule has 7 heteroatoms. The zero-order chi connectivity index (χ0) is 19.5. The first-order chi connectivity index (χ1) is 12.7. The van der Waals surface area contributed by atoms with E-state index in [1.54, 1.807) is 16.7 Å². The summed E-state index contributed by atoms with van der Waals surface area (Å²) >= 11 is 6.12. The highest BCUT2D eigenvalue weighted by Crippen LogP contribution is 2.43. The van der Waals surface area contributed by atoms with Crippen molar-refractivity contribution in [3.63, 3.8) is 0 Å². The zero-order valence-electron chi connectivity index (χ0n) is 14.7. The average Bonchev–Trinajstić information content (AvgIpc) is 2.98. The Morgan fingerprint density at radius 3 is 2.59 bits per heavy atom. The van der Waals surface area contributed by atoms with Crippen LogP contribution in [0.25, 0.3) is 16.5 Å². The summed E-state index contributed by atoms with van der Waals surface area (Å²) in [5.74, 6) is -0.960. The van der Waals surface area contributed by atoms with Crippen LogP contribution in [0.1, 0.15) is 22.4 Å². The molecule has 5 nitrogen and oxygen atoms in total. The molecule has 0 aliphatic carbocycles. The fraction of sp³-hybridized carbons (Fsp3) is 0.150. The molecule has 4 rings (SSSR count). The molecule has 1 aliphatic rings. The van der Waals surface area contributed by atoms with E-state index in [1.165, 1.54) is 11.5 Å². The van der Waals surface area contributed by atoms with Gasteiger partial charge in [-0.25, -0.2) is 8.42 Å². The van der Waals surface area contributed by atoms with Crippen LogP contribution < -0.4 is 0 Å². The average molecular weight is 402 g/mol.